The van der Waals surface area contributed by atoms with Crippen LogP contribution in [0.3, 0.4) is 0 Å². The second-order valence-corrected chi connectivity index (χ2v) is 4.40. The molecule has 14 heavy (non-hydrogen) atoms. The first kappa shape index (κ1) is 13.4. The molecule has 0 heterocycles. The zero-order valence-electron chi connectivity index (χ0n) is 9.76. The first-order chi connectivity index (χ1) is 6.40. The molecule has 0 aromatic heterocycles. The van der Waals surface area contributed by atoms with E-state index in [-0.39, 0.29) is 5.91 Å². The van der Waals surface area contributed by atoms with Crippen molar-refractivity contribution in [1.29, 1.82) is 0 Å². The molecule has 0 aromatic carbocycles. The minimum atomic E-state index is -0.530. The smallest absolute Gasteiger partial charge is 0.220 e. The van der Waals surface area contributed by atoms with Gasteiger partial charge in [-0.3, -0.25) is 4.79 Å². The number of amides is 1. The van der Waals surface area contributed by atoms with E-state index in [1.165, 1.54) is 0 Å². The van der Waals surface area contributed by atoms with Crippen LogP contribution in [0.15, 0.2) is 0 Å². The summed E-state index contributed by atoms with van der Waals surface area (Å²) in [5, 5.41) is 12.2. The Morgan fingerprint density at radius 2 is 2.00 bits per heavy atom. The SMILES string of the molecule is CCCCCC(=O)NC(C)(C)C(C)O. The molecule has 2 N–H and O–H groups in total. The Hall–Kier alpha value is -0.570. The average molecular weight is 201 g/mol. The van der Waals surface area contributed by atoms with Gasteiger partial charge in [0.2, 0.25) is 5.91 Å². The summed E-state index contributed by atoms with van der Waals surface area (Å²) in [6, 6.07) is 0. The largest absolute Gasteiger partial charge is 0.391 e. The number of carbonyl (C=O) groups is 1. The lowest BCUT2D eigenvalue weighted by Gasteiger charge is -2.29. The molecule has 0 saturated carbocycles. The van der Waals surface area contributed by atoms with Crippen molar-refractivity contribution in [2.75, 3.05) is 0 Å². The van der Waals surface area contributed by atoms with Crippen LogP contribution in [0.1, 0.15) is 53.4 Å². The Kier molecular flexibility index (Phi) is 5.77. The summed E-state index contributed by atoms with van der Waals surface area (Å²) in [5.74, 6) is 0.0318. The maximum absolute atomic E-state index is 11.4. The van der Waals surface area contributed by atoms with Gasteiger partial charge in [0.1, 0.15) is 0 Å². The third kappa shape index (κ3) is 5.22. The van der Waals surface area contributed by atoms with Gasteiger partial charge in [-0.1, -0.05) is 19.8 Å². The molecule has 0 saturated heterocycles. The third-order valence-electron chi connectivity index (χ3n) is 2.51. The van der Waals surface area contributed by atoms with E-state index in [0.717, 1.165) is 19.3 Å². The van der Waals surface area contributed by atoms with Gasteiger partial charge in [-0.15, -0.1) is 0 Å². The Labute approximate surface area is 86.9 Å². The number of aliphatic hydroxyl groups excluding tert-OH is 1. The number of unbranched alkanes of at least 4 members (excludes halogenated alkanes) is 2. The van der Waals surface area contributed by atoms with E-state index in [2.05, 4.69) is 12.2 Å². The van der Waals surface area contributed by atoms with E-state index >= 15 is 0 Å². The van der Waals surface area contributed by atoms with Crippen molar-refractivity contribution in [3.05, 3.63) is 0 Å². The van der Waals surface area contributed by atoms with Gasteiger partial charge >= 0.3 is 0 Å². The summed E-state index contributed by atoms with van der Waals surface area (Å²) in [4.78, 5) is 11.4. The van der Waals surface area contributed by atoms with E-state index in [9.17, 15) is 9.90 Å². The third-order valence-corrected chi connectivity index (χ3v) is 2.51. The number of aliphatic hydroxyl groups is 1. The summed E-state index contributed by atoms with van der Waals surface area (Å²) in [7, 11) is 0. The van der Waals surface area contributed by atoms with Gasteiger partial charge in [-0.05, 0) is 27.2 Å². The molecular weight excluding hydrogens is 178 g/mol. The second-order valence-electron chi connectivity index (χ2n) is 4.40. The van der Waals surface area contributed by atoms with Crippen molar-refractivity contribution in [2.24, 2.45) is 0 Å². The van der Waals surface area contributed by atoms with E-state index in [1.54, 1.807) is 6.92 Å². The molecule has 0 spiro atoms. The van der Waals surface area contributed by atoms with E-state index < -0.39 is 11.6 Å². The number of carbonyl (C=O) groups excluding carboxylic acids is 1. The molecule has 0 bridgehead atoms. The average Bonchev–Trinajstić information content (AvgIpc) is 2.03. The first-order valence-electron chi connectivity index (χ1n) is 5.39. The van der Waals surface area contributed by atoms with Crippen LogP contribution < -0.4 is 5.32 Å². The van der Waals surface area contributed by atoms with Gasteiger partial charge in [0.25, 0.3) is 0 Å². The van der Waals surface area contributed by atoms with E-state index in [4.69, 9.17) is 0 Å². The predicted molar refractivity (Wildman–Crippen MR) is 58.0 cm³/mol. The quantitative estimate of drug-likeness (QED) is 0.644. The van der Waals surface area contributed by atoms with Gasteiger partial charge in [-0.2, -0.15) is 0 Å². The summed E-state index contributed by atoms with van der Waals surface area (Å²) >= 11 is 0. The van der Waals surface area contributed by atoms with Crippen LogP contribution >= 0.6 is 0 Å². The molecule has 3 nitrogen and oxygen atoms in total. The molecule has 0 aliphatic rings. The lowest BCUT2D eigenvalue weighted by molar-refractivity contribution is -0.124. The molecule has 1 unspecified atom stereocenters. The Bertz CT molecular complexity index is 176. The molecule has 1 amide bonds. The topological polar surface area (TPSA) is 49.3 Å². The van der Waals surface area contributed by atoms with Crippen molar-refractivity contribution in [1.82, 2.24) is 5.32 Å². The normalized spacial score (nSPS) is 13.8. The van der Waals surface area contributed by atoms with E-state index in [1.807, 2.05) is 13.8 Å². The summed E-state index contributed by atoms with van der Waals surface area (Å²) in [5.41, 5.74) is -0.525. The number of rotatable bonds is 6. The van der Waals surface area contributed by atoms with Crippen molar-refractivity contribution in [2.45, 2.75) is 65.0 Å². The summed E-state index contributed by atoms with van der Waals surface area (Å²) < 4.78 is 0. The number of hydrogen-bond donors (Lipinski definition) is 2. The van der Waals surface area contributed by atoms with Crippen LogP contribution in [0.2, 0.25) is 0 Å². The Balaban J connectivity index is 3.82. The Morgan fingerprint density at radius 3 is 2.43 bits per heavy atom. The molecule has 0 aromatic rings. The fourth-order valence-corrected chi connectivity index (χ4v) is 1.06. The molecule has 0 radical (unpaired) electrons. The van der Waals surface area contributed by atoms with Crippen molar-refractivity contribution >= 4 is 5.91 Å². The highest BCUT2D eigenvalue weighted by atomic mass is 16.3. The lowest BCUT2D eigenvalue weighted by Crippen LogP contribution is -2.50. The maximum atomic E-state index is 11.4. The fraction of sp³-hybridized carbons (Fsp3) is 0.909. The second kappa shape index (κ2) is 6.02. The maximum Gasteiger partial charge on any atom is 0.220 e. The lowest BCUT2D eigenvalue weighted by atomic mass is 9.98. The fourth-order valence-electron chi connectivity index (χ4n) is 1.06. The van der Waals surface area contributed by atoms with Crippen molar-refractivity contribution in [3.63, 3.8) is 0 Å². The Morgan fingerprint density at radius 1 is 1.43 bits per heavy atom. The first-order valence-corrected chi connectivity index (χ1v) is 5.39. The van der Waals surface area contributed by atoms with Gasteiger partial charge < -0.3 is 10.4 Å². The highest BCUT2D eigenvalue weighted by Gasteiger charge is 2.25. The minimum Gasteiger partial charge on any atom is -0.391 e. The monoisotopic (exact) mass is 201 g/mol. The van der Waals surface area contributed by atoms with Crippen molar-refractivity contribution in [3.8, 4) is 0 Å². The predicted octanol–water partition coefficient (Wildman–Crippen LogP) is 1.84. The molecule has 0 aliphatic heterocycles. The highest BCUT2D eigenvalue weighted by Crippen LogP contribution is 2.09. The molecule has 1 atom stereocenters. The van der Waals surface area contributed by atoms with Crippen LogP contribution in [0.4, 0.5) is 0 Å². The van der Waals surface area contributed by atoms with Gasteiger partial charge in [-0.25, -0.2) is 0 Å². The number of hydrogen-bond acceptors (Lipinski definition) is 2. The molecule has 0 rings (SSSR count). The van der Waals surface area contributed by atoms with Gasteiger partial charge in [0, 0.05) is 6.42 Å². The standard InChI is InChI=1S/C11H23NO2/c1-5-6-7-8-10(14)12-11(3,4)9(2)13/h9,13H,5-8H2,1-4H3,(H,12,14). The van der Waals surface area contributed by atoms with Crippen LogP contribution in [-0.4, -0.2) is 22.7 Å². The summed E-state index contributed by atoms with van der Waals surface area (Å²) in [6.07, 6.45) is 3.16. The van der Waals surface area contributed by atoms with Crippen molar-refractivity contribution < 1.29 is 9.90 Å². The zero-order valence-corrected chi connectivity index (χ0v) is 9.76. The molecule has 84 valence electrons. The van der Waals surface area contributed by atoms with Crippen LogP contribution in [0.25, 0.3) is 0 Å². The van der Waals surface area contributed by atoms with Crippen LogP contribution in [0, 0.1) is 0 Å². The molecule has 3 heteroatoms. The molecular formula is C11H23NO2. The minimum absolute atomic E-state index is 0.0318. The van der Waals surface area contributed by atoms with Crippen LogP contribution in [-0.2, 0) is 4.79 Å². The van der Waals surface area contributed by atoms with E-state index in [0.29, 0.717) is 6.42 Å². The van der Waals surface area contributed by atoms with Crippen LogP contribution in [0.5, 0.6) is 0 Å². The highest BCUT2D eigenvalue weighted by molar-refractivity contribution is 5.76. The van der Waals surface area contributed by atoms with Gasteiger partial charge in [0.15, 0.2) is 0 Å². The molecule has 0 aliphatic carbocycles. The zero-order chi connectivity index (χ0) is 11.2. The van der Waals surface area contributed by atoms with Gasteiger partial charge in [0.05, 0.1) is 11.6 Å². The number of nitrogens with one attached hydrogen (secondary N) is 1. The summed E-state index contributed by atoms with van der Waals surface area (Å²) in [6.45, 7) is 7.45. The molecule has 0 fully saturated rings.